The number of likely N-dealkylation sites (tertiary alicyclic amines) is 2. The molecule has 4 heterocycles. The Kier molecular flexibility index (Phi) is 6.11. The van der Waals surface area contributed by atoms with Crippen molar-refractivity contribution in [3.05, 3.63) is 0 Å². The van der Waals surface area contributed by atoms with Crippen molar-refractivity contribution in [2.45, 2.75) is 87.9 Å². The smallest absolute Gasteiger partial charge is 0.410 e. The van der Waals surface area contributed by atoms with Gasteiger partial charge in [0.2, 0.25) is 11.8 Å². The summed E-state index contributed by atoms with van der Waals surface area (Å²) in [5.41, 5.74) is -1.58. The zero-order valence-corrected chi connectivity index (χ0v) is 20.1. The first kappa shape index (κ1) is 23.2. The van der Waals surface area contributed by atoms with Crippen molar-refractivity contribution in [3.8, 4) is 0 Å². The minimum absolute atomic E-state index is 0.140. The predicted molar refractivity (Wildman–Crippen MR) is 118 cm³/mol. The summed E-state index contributed by atoms with van der Waals surface area (Å²) < 4.78 is 10.5. The van der Waals surface area contributed by atoms with Crippen molar-refractivity contribution in [1.82, 2.24) is 14.7 Å². The highest BCUT2D eigenvalue weighted by Crippen LogP contribution is 2.48. The summed E-state index contributed by atoms with van der Waals surface area (Å²) in [5.74, 6) is 0.0349. The van der Waals surface area contributed by atoms with Gasteiger partial charge in [-0.2, -0.15) is 0 Å². The Morgan fingerprint density at radius 2 is 1.84 bits per heavy atom. The molecule has 4 rings (SSSR count). The van der Waals surface area contributed by atoms with E-state index in [4.69, 9.17) is 9.47 Å². The van der Waals surface area contributed by atoms with Crippen LogP contribution in [-0.4, -0.2) is 93.1 Å². The number of amides is 3. The zero-order chi connectivity index (χ0) is 23.3. The van der Waals surface area contributed by atoms with Crippen LogP contribution in [-0.2, 0) is 23.9 Å². The maximum atomic E-state index is 13.7. The number of thioether (sulfide) groups is 1. The highest BCUT2D eigenvalue weighted by molar-refractivity contribution is 7.99. The average molecular weight is 468 g/mol. The van der Waals surface area contributed by atoms with Gasteiger partial charge in [0.15, 0.2) is 0 Å². The van der Waals surface area contributed by atoms with Crippen molar-refractivity contribution >= 4 is 35.6 Å². The third-order valence-electron chi connectivity index (χ3n) is 6.89. The van der Waals surface area contributed by atoms with Crippen LogP contribution < -0.4 is 0 Å². The van der Waals surface area contributed by atoms with Crippen molar-refractivity contribution in [3.63, 3.8) is 0 Å². The molecule has 10 heteroatoms. The maximum absolute atomic E-state index is 13.7. The molecule has 32 heavy (non-hydrogen) atoms. The van der Waals surface area contributed by atoms with Crippen LogP contribution in [0.3, 0.4) is 0 Å². The van der Waals surface area contributed by atoms with Gasteiger partial charge in [-0.15, -0.1) is 11.8 Å². The molecule has 4 saturated heterocycles. The Labute approximate surface area is 193 Å². The fourth-order valence-corrected chi connectivity index (χ4v) is 6.95. The molecule has 3 amide bonds. The highest BCUT2D eigenvalue weighted by Gasteiger charge is 2.62. The largest absolute Gasteiger partial charge is 0.467 e. The topological polar surface area (TPSA) is 96.5 Å². The molecule has 4 aliphatic heterocycles. The van der Waals surface area contributed by atoms with Crippen LogP contribution in [0.25, 0.3) is 0 Å². The van der Waals surface area contributed by atoms with E-state index in [-0.39, 0.29) is 17.2 Å². The van der Waals surface area contributed by atoms with E-state index >= 15 is 0 Å². The Balaban J connectivity index is 1.57. The molecule has 0 bridgehead atoms. The summed E-state index contributed by atoms with van der Waals surface area (Å²) in [5, 5.41) is -0.140. The van der Waals surface area contributed by atoms with Crippen molar-refractivity contribution in [2.75, 3.05) is 26.0 Å². The maximum Gasteiger partial charge on any atom is 0.410 e. The minimum atomic E-state index is -0.937. The molecule has 0 aromatic heterocycles. The van der Waals surface area contributed by atoms with Crippen molar-refractivity contribution < 1.29 is 28.7 Å². The normalized spacial score (nSPS) is 32.4. The van der Waals surface area contributed by atoms with E-state index in [1.54, 1.807) is 42.3 Å². The molecule has 178 valence electrons. The summed E-state index contributed by atoms with van der Waals surface area (Å²) in [4.78, 5) is 57.4. The Morgan fingerprint density at radius 1 is 1.09 bits per heavy atom. The quantitative estimate of drug-likeness (QED) is 0.573. The van der Waals surface area contributed by atoms with Crippen LogP contribution in [0.4, 0.5) is 4.79 Å². The number of carbonyl (C=O) groups excluding carboxylic acids is 4. The standard InChI is InChI=1S/C22H33N3O6S/c1-21(2,3)31-20(29)23-10-5-7-14(23)17(26)24-11-6-9-22(24)13-16-25(19(22)28)15(8-12-32-16)18(27)30-4/h14-16H,5-13H2,1-4H3/t14-,15+,16+,22+/m0/s1. The van der Waals surface area contributed by atoms with Crippen molar-refractivity contribution in [1.29, 1.82) is 0 Å². The Morgan fingerprint density at radius 3 is 2.53 bits per heavy atom. The number of ether oxygens (including phenoxy) is 2. The first-order valence-electron chi connectivity index (χ1n) is 11.4. The first-order valence-corrected chi connectivity index (χ1v) is 12.5. The lowest BCUT2D eigenvalue weighted by molar-refractivity contribution is -0.156. The van der Waals surface area contributed by atoms with Crippen LogP contribution in [0.15, 0.2) is 0 Å². The molecule has 0 aliphatic carbocycles. The molecule has 0 unspecified atom stereocenters. The number of hydrogen-bond acceptors (Lipinski definition) is 7. The molecular weight excluding hydrogens is 434 g/mol. The molecule has 9 nitrogen and oxygen atoms in total. The number of fused-ring (bicyclic) bond motifs is 1. The molecule has 0 radical (unpaired) electrons. The van der Waals surface area contributed by atoms with E-state index in [1.165, 1.54) is 12.0 Å². The van der Waals surface area contributed by atoms with Crippen LogP contribution in [0.5, 0.6) is 0 Å². The van der Waals surface area contributed by atoms with E-state index in [1.807, 2.05) is 0 Å². The van der Waals surface area contributed by atoms with Gasteiger partial charge in [-0.05, 0) is 58.6 Å². The highest BCUT2D eigenvalue weighted by atomic mass is 32.2. The van der Waals surface area contributed by atoms with E-state index in [0.717, 1.165) is 18.6 Å². The number of hydrogen-bond donors (Lipinski definition) is 0. The second-order valence-corrected chi connectivity index (χ2v) is 11.3. The average Bonchev–Trinajstić information content (AvgIpc) is 3.44. The summed E-state index contributed by atoms with van der Waals surface area (Å²) in [6.07, 6.45) is 3.17. The summed E-state index contributed by atoms with van der Waals surface area (Å²) in [6.45, 7) is 6.36. The number of methoxy groups -OCH3 is 1. The predicted octanol–water partition coefficient (Wildman–Crippen LogP) is 1.98. The molecule has 4 atom stereocenters. The number of nitrogens with zero attached hydrogens (tertiary/aromatic N) is 3. The fraction of sp³-hybridized carbons (Fsp3) is 0.818. The van der Waals surface area contributed by atoms with Gasteiger partial charge in [0, 0.05) is 19.5 Å². The van der Waals surface area contributed by atoms with E-state index < -0.39 is 35.3 Å². The van der Waals surface area contributed by atoms with Crippen molar-refractivity contribution in [2.24, 2.45) is 0 Å². The molecule has 4 fully saturated rings. The summed E-state index contributed by atoms with van der Waals surface area (Å²) in [7, 11) is 1.34. The number of carbonyl (C=O) groups is 4. The zero-order valence-electron chi connectivity index (χ0n) is 19.3. The lowest BCUT2D eigenvalue weighted by Crippen LogP contribution is -2.59. The van der Waals surface area contributed by atoms with Gasteiger partial charge in [-0.3, -0.25) is 14.5 Å². The molecule has 0 saturated carbocycles. The van der Waals surface area contributed by atoms with Crippen LogP contribution in [0.2, 0.25) is 0 Å². The fourth-order valence-electron chi connectivity index (χ4n) is 5.53. The molecule has 4 aliphatic rings. The molecule has 0 aromatic carbocycles. The van der Waals surface area contributed by atoms with Gasteiger partial charge < -0.3 is 19.3 Å². The molecule has 1 spiro atoms. The van der Waals surface area contributed by atoms with Crippen LogP contribution >= 0.6 is 11.8 Å². The Bertz CT molecular complexity index is 814. The van der Waals surface area contributed by atoms with Gasteiger partial charge in [0.1, 0.15) is 23.2 Å². The van der Waals surface area contributed by atoms with Gasteiger partial charge in [-0.1, -0.05) is 0 Å². The summed E-state index contributed by atoms with van der Waals surface area (Å²) in [6, 6.07) is -1.21. The van der Waals surface area contributed by atoms with Gasteiger partial charge >= 0.3 is 12.1 Å². The van der Waals surface area contributed by atoms with Gasteiger partial charge in [-0.25, -0.2) is 9.59 Å². The third kappa shape index (κ3) is 3.84. The molecule has 0 aromatic rings. The van der Waals surface area contributed by atoms with E-state index in [0.29, 0.717) is 38.8 Å². The van der Waals surface area contributed by atoms with Crippen LogP contribution in [0.1, 0.15) is 59.3 Å². The van der Waals surface area contributed by atoms with Crippen LogP contribution in [0, 0.1) is 0 Å². The molecule has 0 N–H and O–H groups in total. The van der Waals surface area contributed by atoms with E-state index in [2.05, 4.69) is 0 Å². The minimum Gasteiger partial charge on any atom is -0.467 e. The monoisotopic (exact) mass is 467 g/mol. The number of esters is 1. The second-order valence-electron chi connectivity index (χ2n) is 10.0. The third-order valence-corrected chi connectivity index (χ3v) is 8.14. The lowest BCUT2D eigenvalue weighted by Gasteiger charge is -2.38. The van der Waals surface area contributed by atoms with E-state index in [9.17, 15) is 19.2 Å². The van der Waals surface area contributed by atoms with Gasteiger partial charge in [0.25, 0.3) is 0 Å². The number of rotatable bonds is 2. The Hall–Kier alpha value is -1.97. The molecular formula is C22H33N3O6S. The van der Waals surface area contributed by atoms with Gasteiger partial charge in [0.05, 0.1) is 12.5 Å². The lowest BCUT2D eigenvalue weighted by atomic mass is 9.93. The summed E-state index contributed by atoms with van der Waals surface area (Å²) >= 11 is 1.66. The first-order chi connectivity index (χ1) is 15.1. The SMILES string of the molecule is COC(=O)[C@H]1CCS[C@@H]2C[C@]3(CCCN3C(=O)[C@@H]3CCCN3C(=O)OC(C)(C)C)C(=O)N12. The second kappa shape index (κ2) is 8.43.